The second kappa shape index (κ2) is 8.56. The van der Waals surface area contributed by atoms with Crippen LogP contribution in [0.3, 0.4) is 0 Å². The van der Waals surface area contributed by atoms with E-state index in [1.807, 2.05) is 20.0 Å². The van der Waals surface area contributed by atoms with Gasteiger partial charge in [-0.2, -0.15) is 5.10 Å². The summed E-state index contributed by atoms with van der Waals surface area (Å²) in [7, 11) is 1.82. The van der Waals surface area contributed by atoms with Crippen LogP contribution in [0.15, 0.2) is 6.07 Å². The van der Waals surface area contributed by atoms with E-state index < -0.39 is 0 Å². The standard InChI is InChI=1S/C14H26N4O/c1-4-5-6-7-8-9-10-15-14(19)16-13-11-12(2)17-18(13)3/h11H,4-10H2,1-3H3,(H2,15,16,19). The Balaban J connectivity index is 2.10. The summed E-state index contributed by atoms with van der Waals surface area (Å²) in [6.07, 6.45) is 7.38. The third-order valence-electron chi connectivity index (χ3n) is 3.06. The summed E-state index contributed by atoms with van der Waals surface area (Å²) in [5.41, 5.74) is 0.897. The summed E-state index contributed by atoms with van der Waals surface area (Å²) < 4.78 is 1.67. The van der Waals surface area contributed by atoms with Gasteiger partial charge < -0.3 is 5.32 Å². The summed E-state index contributed by atoms with van der Waals surface area (Å²) in [6, 6.07) is 1.70. The molecule has 0 saturated carbocycles. The monoisotopic (exact) mass is 266 g/mol. The molecule has 0 bridgehead atoms. The summed E-state index contributed by atoms with van der Waals surface area (Å²) >= 11 is 0. The van der Waals surface area contributed by atoms with Crippen LogP contribution in [-0.4, -0.2) is 22.4 Å². The number of carbonyl (C=O) groups excluding carboxylic acids is 1. The Morgan fingerprint density at radius 1 is 1.26 bits per heavy atom. The molecule has 19 heavy (non-hydrogen) atoms. The van der Waals surface area contributed by atoms with E-state index in [9.17, 15) is 4.79 Å². The molecule has 2 N–H and O–H groups in total. The van der Waals surface area contributed by atoms with Gasteiger partial charge in [-0.25, -0.2) is 4.79 Å². The van der Waals surface area contributed by atoms with Crippen molar-refractivity contribution in [2.75, 3.05) is 11.9 Å². The van der Waals surface area contributed by atoms with E-state index in [4.69, 9.17) is 0 Å². The molecule has 0 aliphatic heterocycles. The number of urea groups is 1. The zero-order valence-electron chi connectivity index (χ0n) is 12.3. The van der Waals surface area contributed by atoms with E-state index >= 15 is 0 Å². The highest BCUT2D eigenvalue weighted by molar-refractivity contribution is 5.88. The van der Waals surface area contributed by atoms with Crippen molar-refractivity contribution < 1.29 is 4.79 Å². The summed E-state index contributed by atoms with van der Waals surface area (Å²) in [6.45, 7) is 4.85. The molecule has 1 heterocycles. The van der Waals surface area contributed by atoms with Crippen molar-refractivity contribution in [3.8, 4) is 0 Å². The van der Waals surface area contributed by atoms with E-state index in [2.05, 4.69) is 22.7 Å². The van der Waals surface area contributed by atoms with Gasteiger partial charge in [0.05, 0.1) is 5.69 Å². The third kappa shape index (κ3) is 6.27. The first kappa shape index (κ1) is 15.5. The van der Waals surface area contributed by atoms with Crippen LogP contribution in [0, 0.1) is 6.92 Å². The molecule has 0 aliphatic carbocycles. The Kier molecular flexibility index (Phi) is 7.00. The smallest absolute Gasteiger partial charge is 0.320 e. The second-order valence-corrected chi connectivity index (χ2v) is 4.94. The Bertz CT molecular complexity index is 387. The predicted molar refractivity (Wildman–Crippen MR) is 78.3 cm³/mol. The first-order valence-electron chi connectivity index (χ1n) is 7.19. The Morgan fingerprint density at radius 3 is 2.58 bits per heavy atom. The van der Waals surface area contributed by atoms with Crippen LogP contribution in [0.1, 0.15) is 51.1 Å². The number of nitrogens with zero attached hydrogens (tertiary/aromatic N) is 2. The van der Waals surface area contributed by atoms with Gasteiger partial charge in [0, 0.05) is 19.7 Å². The van der Waals surface area contributed by atoms with Crippen molar-refractivity contribution in [2.24, 2.45) is 7.05 Å². The molecular formula is C14H26N4O. The quantitative estimate of drug-likeness (QED) is 0.710. The van der Waals surface area contributed by atoms with Crippen LogP contribution < -0.4 is 10.6 Å². The molecule has 0 atom stereocenters. The zero-order chi connectivity index (χ0) is 14.1. The van der Waals surface area contributed by atoms with Crippen molar-refractivity contribution in [1.29, 1.82) is 0 Å². The number of unbranched alkanes of at least 4 members (excludes halogenated alkanes) is 5. The average Bonchev–Trinajstić information content (AvgIpc) is 2.66. The molecule has 1 aromatic rings. The van der Waals surface area contributed by atoms with E-state index in [0.29, 0.717) is 0 Å². The number of nitrogens with one attached hydrogen (secondary N) is 2. The lowest BCUT2D eigenvalue weighted by Gasteiger charge is -2.07. The lowest BCUT2D eigenvalue weighted by molar-refractivity contribution is 0.251. The van der Waals surface area contributed by atoms with E-state index in [1.54, 1.807) is 4.68 Å². The summed E-state index contributed by atoms with van der Waals surface area (Å²) in [4.78, 5) is 11.6. The first-order chi connectivity index (χ1) is 9.13. The van der Waals surface area contributed by atoms with Gasteiger partial charge in [0.25, 0.3) is 0 Å². The number of amides is 2. The highest BCUT2D eigenvalue weighted by Gasteiger charge is 2.05. The largest absolute Gasteiger partial charge is 0.338 e. The van der Waals surface area contributed by atoms with Crippen molar-refractivity contribution in [3.05, 3.63) is 11.8 Å². The number of rotatable bonds is 8. The highest BCUT2D eigenvalue weighted by Crippen LogP contribution is 2.07. The van der Waals surface area contributed by atoms with Gasteiger partial charge >= 0.3 is 6.03 Å². The van der Waals surface area contributed by atoms with Gasteiger partial charge in [-0.3, -0.25) is 10.00 Å². The number of carbonyl (C=O) groups is 1. The maximum absolute atomic E-state index is 11.6. The van der Waals surface area contributed by atoms with Crippen molar-refractivity contribution in [2.45, 2.75) is 52.4 Å². The molecule has 108 valence electrons. The minimum atomic E-state index is -0.156. The average molecular weight is 266 g/mol. The van der Waals surface area contributed by atoms with Gasteiger partial charge in [0.2, 0.25) is 0 Å². The van der Waals surface area contributed by atoms with Crippen molar-refractivity contribution in [1.82, 2.24) is 15.1 Å². The number of anilines is 1. The van der Waals surface area contributed by atoms with Crippen molar-refractivity contribution >= 4 is 11.8 Å². The molecule has 0 spiro atoms. The van der Waals surface area contributed by atoms with E-state index in [-0.39, 0.29) is 6.03 Å². The normalized spacial score (nSPS) is 10.5. The molecule has 0 aliphatic rings. The van der Waals surface area contributed by atoms with Crippen LogP contribution in [0.2, 0.25) is 0 Å². The molecule has 2 amide bonds. The van der Waals surface area contributed by atoms with E-state index in [1.165, 1.54) is 32.1 Å². The van der Waals surface area contributed by atoms with Crippen LogP contribution in [0.25, 0.3) is 0 Å². The van der Waals surface area contributed by atoms with Crippen LogP contribution in [-0.2, 0) is 7.05 Å². The molecule has 0 unspecified atom stereocenters. The minimum Gasteiger partial charge on any atom is -0.338 e. The molecule has 5 heteroatoms. The Labute approximate surface area is 115 Å². The van der Waals surface area contributed by atoms with Gasteiger partial charge in [-0.15, -0.1) is 0 Å². The maximum Gasteiger partial charge on any atom is 0.320 e. The fourth-order valence-corrected chi connectivity index (χ4v) is 2.00. The van der Waals surface area contributed by atoms with Gasteiger partial charge in [-0.05, 0) is 13.3 Å². The Morgan fingerprint density at radius 2 is 1.95 bits per heavy atom. The van der Waals surface area contributed by atoms with Crippen LogP contribution in [0.4, 0.5) is 10.6 Å². The van der Waals surface area contributed by atoms with Crippen LogP contribution in [0.5, 0.6) is 0 Å². The molecule has 1 rings (SSSR count). The lowest BCUT2D eigenvalue weighted by atomic mass is 10.1. The molecule has 0 saturated heterocycles. The second-order valence-electron chi connectivity index (χ2n) is 4.94. The molecule has 0 radical (unpaired) electrons. The number of aromatic nitrogens is 2. The van der Waals surface area contributed by atoms with E-state index in [0.717, 1.165) is 24.5 Å². The fraction of sp³-hybridized carbons (Fsp3) is 0.714. The zero-order valence-corrected chi connectivity index (χ0v) is 12.3. The first-order valence-corrected chi connectivity index (χ1v) is 7.19. The number of hydrogen-bond donors (Lipinski definition) is 2. The molecule has 0 aromatic carbocycles. The van der Waals surface area contributed by atoms with Gasteiger partial charge in [-0.1, -0.05) is 39.0 Å². The SMILES string of the molecule is CCCCCCCCNC(=O)Nc1cc(C)nn1C. The molecule has 0 fully saturated rings. The third-order valence-corrected chi connectivity index (χ3v) is 3.06. The fourth-order valence-electron chi connectivity index (χ4n) is 2.00. The van der Waals surface area contributed by atoms with Gasteiger partial charge in [0.1, 0.15) is 5.82 Å². The topological polar surface area (TPSA) is 59.0 Å². The predicted octanol–water partition coefficient (Wildman–Crippen LogP) is 3.21. The van der Waals surface area contributed by atoms with Crippen molar-refractivity contribution in [3.63, 3.8) is 0 Å². The van der Waals surface area contributed by atoms with Crippen LogP contribution >= 0.6 is 0 Å². The highest BCUT2D eigenvalue weighted by atomic mass is 16.2. The molecular weight excluding hydrogens is 240 g/mol. The molecule has 5 nitrogen and oxygen atoms in total. The summed E-state index contributed by atoms with van der Waals surface area (Å²) in [5.74, 6) is 0.720. The summed E-state index contributed by atoms with van der Waals surface area (Å²) in [5, 5.41) is 9.84. The lowest BCUT2D eigenvalue weighted by Crippen LogP contribution is -2.30. The number of hydrogen-bond acceptors (Lipinski definition) is 2. The number of aryl methyl sites for hydroxylation is 2. The van der Waals surface area contributed by atoms with Gasteiger partial charge in [0.15, 0.2) is 0 Å². The molecule has 1 aromatic heterocycles. The minimum absolute atomic E-state index is 0.156. The maximum atomic E-state index is 11.6. The Hall–Kier alpha value is -1.52.